The van der Waals surface area contributed by atoms with Crippen LogP contribution in [0.2, 0.25) is 5.02 Å². The molecule has 0 atom stereocenters. The van der Waals surface area contributed by atoms with Crippen molar-refractivity contribution in [2.24, 2.45) is 0 Å². The van der Waals surface area contributed by atoms with Gasteiger partial charge in [-0.2, -0.15) is 0 Å². The first kappa shape index (κ1) is 18.1. The molecule has 0 saturated heterocycles. The summed E-state index contributed by atoms with van der Waals surface area (Å²) in [5.41, 5.74) is 1.46. The van der Waals surface area contributed by atoms with E-state index in [0.29, 0.717) is 32.0 Å². The molecule has 138 valence electrons. The van der Waals surface area contributed by atoms with Crippen LogP contribution in [0.5, 0.6) is 0 Å². The first-order valence-electron chi connectivity index (χ1n) is 8.20. The fourth-order valence-corrected chi connectivity index (χ4v) is 4.75. The van der Waals surface area contributed by atoms with Crippen molar-refractivity contribution in [1.82, 2.24) is 30.2 Å². The Morgan fingerprint density at radius 2 is 2.11 bits per heavy atom. The van der Waals surface area contributed by atoms with Gasteiger partial charge >= 0.3 is 0 Å². The minimum Gasteiger partial charge on any atom is -0.309 e. The smallest absolute Gasteiger partial charge is 0.260 e. The number of thiophene rings is 1. The van der Waals surface area contributed by atoms with Crippen LogP contribution in [0.4, 0.5) is 0 Å². The number of benzene rings is 1. The zero-order valence-electron chi connectivity index (χ0n) is 14.5. The van der Waals surface area contributed by atoms with Gasteiger partial charge in [-0.05, 0) is 30.3 Å². The molecule has 0 fully saturated rings. The molecule has 0 spiro atoms. The fourth-order valence-electron chi connectivity index (χ4n) is 2.68. The highest BCUT2D eigenvalue weighted by atomic mass is 35.5. The van der Waals surface area contributed by atoms with E-state index >= 15 is 0 Å². The molecule has 1 aromatic carbocycles. The van der Waals surface area contributed by atoms with E-state index in [1.165, 1.54) is 23.1 Å². The maximum absolute atomic E-state index is 12.7. The van der Waals surface area contributed by atoms with E-state index in [0.717, 1.165) is 11.1 Å². The van der Waals surface area contributed by atoms with Crippen molar-refractivity contribution in [2.75, 3.05) is 0 Å². The topological polar surface area (TPSA) is 89.3 Å². The number of hydrogen-bond donors (Lipinski definition) is 1. The maximum atomic E-state index is 12.7. The summed E-state index contributed by atoms with van der Waals surface area (Å²) in [6, 6.07) is 7.64. The number of aromatic amines is 1. The minimum absolute atomic E-state index is 0.160. The zero-order chi connectivity index (χ0) is 19.0. The molecular formula is C17H15ClN6OS2. The Hall–Kier alpha value is -2.23. The van der Waals surface area contributed by atoms with Crippen molar-refractivity contribution in [2.45, 2.75) is 30.8 Å². The van der Waals surface area contributed by atoms with Gasteiger partial charge in [-0.1, -0.05) is 41.6 Å². The number of hydrogen-bond acceptors (Lipinski definition) is 7. The van der Waals surface area contributed by atoms with Crippen molar-refractivity contribution < 1.29 is 0 Å². The molecule has 0 saturated carbocycles. The summed E-state index contributed by atoms with van der Waals surface area (Å²) in [6.07, 6.45) is 0. The van der Waals surface area contributed by atoms with E-state index in [1.54, 1.807) is 4.68 Å². The van der Waals surface area contributed by atoms with E-state index in [9.17, 15) is 4.79 Å². The Morgan fingerprint density at radius 1 is 1.30 bits per heavy atom. The third-order valence-electron chi connectivity index (χ3n) is 3.95. The molecule has 3 aromatic heterocycles. The third-order valence-corrected chi connectivity index (χ3v) is 6.09. The summed E-state index contributed by atoms with van der Waals surface area (Å²) in [5.74, 6) is 1.06. The van der Waals surface area contributed by atoms with Gasteiger partial charge in [0.25, 0.3) is 5.56 Å². The quantitative estimate of drug-likeness (QED) is 0.489. The fraction of sp³-hybridized carbons (Fsp3) is 0.235. The summed E-state index contributed by atoms with van der Waals surface area (Å²) in [4.78, 5) is 20.9. The summed E-state index contributed by atoms with van der Waals surface area (Å²) in [6.45, 7) is 4.02. The number of fused-ring (bicyclic) bond motifs is 1. The SMILES string of the molecule is CC(C)n1nnnc1SCc1nc2scc(-c3ccccc3Cl)c2c(=O)[nH]1. The predicted molar refractivity (Wildman–Crippen MR) is 108 cm³/mol. The Kier molecular flexibility index (Phi) is 4.98. The van der Waals surface area contributed by atoms with Crippen molar-refractivity contribution in [3.63, 3.8) is 0 Å². The molecule has 27 heavy (non-hydrogen) atoms. The first-order chi connectivity index (χ1) is 13.0. The first-order valence-corrected chi connectivity index (χ1v) is 10.4. The van der Waals surface area contributed by atoms with E-state index in [4.69, 9.17) is 11.6 Å². The molecule has 1 N–H and O–H groups in total. The molecule has 0 aliphatic carbocycles. The second kappa shape index (κ2) is 7.41. The summed E-state index contributed by atoms with van der Waals surface area (Å²) in [7, 11) is 0. The van der Waals surface area contributed by atoms with Crippen LogP contribution in [0.1, 0.15) is 25.7 Å². The number of nitrogens with one attached hydrogen (secondary N) is 1. The third kappa shape index (κ3) is 3.50. The monoisotopic (exact) mass is 418 g/mol. The van der Waals surface area contributed by atoms with Crippen molar-refractivity contribution in [1.29, 1.82) is 0 Å². The van der Waals surface area contributed by atoms with Gasteiger partial charge in [0.15, 0.2) is 0 Å². The second-order valence-electron chi connectivity index (χ2n) is 6.11. The summed E-state index contributed by atoms with van der Waals surface area (Å²) < 4.78 is 1.74. The van der Waals surface area contributed by atoms with E-state index < -0.39 is 0 Å². The molecule has 4 aromatic rings. The van der Waals surface area contributed by atoms with Gasteiger partial charge < -0.3 is 4.98 Å². The van der Waals surface area contributed by atoms with Gasteiger partial charge in [0, 0.05) is 21.5 Å². The number of H-pyrrole nitrogens is 1. The van der Waals surface area contributed by atoms with E-state index in [2.05, 4.69) is 25.5 Å². The molecule has 0 bridgehead atoms. The molecule has 0 radical (unpaired) electrons. The normalized spacial score (nSPS) is 11.6. The van der Waals surface area contributed by atoms with Gasteiger partial charge in [-0.25, -0.2) is 9.67 Å². The highest BCUT2D eigenvalue weighted by Gasteiger charge is 2.16. The van der Waals surface area contributed by atoms with Crippen molar-refractivity contribution in [3.8, 4) is 11.1 Å². The van der Waals surface area contributed by atoms with Gasteiger partial charge in [-0.3, -0.25) is 4.79 Å². The lowest BCUT2D eigenvalue weighted by Crippen LogP contribution is -2.11. The Balaban J connectivity index is 1.66. The van der Waals surface area contributed by atoms with Gasteiger partial charge in [-0.15, -0.1) is 16.4 Å². The number of thioether (sulfide) groups is 1. The molecule has 0 unspecified atom stereocenters. The maximum Gasteiger partial charge on any atom is 0.260 e. The molecular weight excluding hydrogens is 404 g/mol. The van der Waals surface area contributed by atoms with Gasteiger partial charge in [0.2, 0.25) is 5.16 Å². The van der Waals surface area contributed by atoms with Crippen molar-refractivity contribution >= 4 is 44.9 Å². The van der Waals surface area contributed by atoms with Gasteiger partial charge in [0.05, 0.1) is 17.2 Å². The molecule has 0 aliphatic rings. The van der Waals surface area contributed by atoms with Crippen LogP contribution < -0.4 is 5.56 Å². The Bertz CT molecular complexity index is 1170. The lowest BCUT2D eigenvalue weighted by atomic mass is 10.1. The summed E-state index contributed by atoms with van der Waals surface area (Å²) in [5, 5.41) is 15.5. The number of aromatic nitrogens is 6. The van der Waals surface area contributed by atoms with E-state index in [1.807, 2.05) is 43.5 Å². The average Bonchev–Trinajstić information content (AvgIpc) is 3.27. The van der Waals surface area contributed by atoms with Crippen LogP contribution >= 0.6 is 34.7 Å². The molecule has 4 rings (SSSR count). The molecule has 0 amide bonds. The Labute approximate surface area is 167 Å². The largest absolute Gasteiger partial charge is 0.309 e. The van der Waals surface area contributed by atoms with Crippen LogP contribution in [0.25, 0.3) is 21.3 Å². The molecule has 10 heteroatoms. The van der Waals surface area contributed by atoms with E-state index in [-0.39, 0.29) is 11.6 Å². The molecule has 0 aliphatic heterocycles. The Morgan fingerprint density at radius 3 is 2.89 bits per heavy atom. The minimum atomic E-state index is -0.171. The molecule has 3 heterocycles. The van der Waals surface area contributed by atoms with Crippen LogP contribution in [0.15, 0.2) is 39.6 Å². The van der Waals surface area contributed by atoms with Crippen molar-refractivity contribution in [3.05, 3.63) is 50.8 Å². The van der Waals surface area contributed by atoms with Crippen LogP contribution in [0, 0.1) is 0 Å². The lowest BCUT2D eigenvalue weighted by Gasteiger charge is -2.07. The van der Waals surface area contributed by atoms with Gasteiger partial charge in [0.1, 0.15) is 10.7 Å². The predicted octanol–water partition coefficient (Wildman–Crippen LogP) is 4.16. The zero-order valence-corrected chi connectivity index (χ0v) is 16.9. The second-order valence-corrected chi connectivity index (χ2v) is 8.32. The highest BCUT2D eigenvalue weighted by molar-refractivity contribution is 7.98. The highest BCUT2D eigenvalue weighted by Crippen LogP contribution is 2.35. The number of nitrogens with zero attached hydrogens (tertiary/aromatic N) is 5. The lowest BCUT2D eigenvalue weighted by molar-refractivity contribution is 0.477. The number of halogens is 1. The van der Waals surface area contributed by atoms with Crippen LogP contribution in [-0.4, -0.2) is 30.2 Å². The number of tetrazole rings is 1. The molecule has 7 nitrogen and oxygen atoms in total. The number of rotatable bonds is 5. The van der Waals surface area contributed by atoms with Crippen LogP contribution in [-0.2, 0) is 5.75 Å². The van der Waals surface area contributed by atoms with Crippen LogP contribution in [0.3, 0.4) is 0 Å². The average molecular weight is 419 g/mol. The summed E-state index contributed by atoms with van der Waals surface area (Å²) >= 11 is 9.16. The standard InChI is InChI=1S/C17H15ClN6OS2/c1-9(2)24-17(21-22-23-24)27-8-13-19-15(25)14-11(7-26-16(14)20-13)10-5-3-4-6-12(10)18/h3-7,9H,8H2,1-2H3,(H,19,20,25).